The van der Waals surface area contributed by atoms with E-state index in [9.17, 15) is 24.6 Å². The number of nitrogens with one attached hydrogen (secondary N) is 2. The van der Waals surface area contributed by atoms with E-state index < -0.39 is 14.4 Å². The van der Waals surface area contributed by atoms with Gasteiger partial charge in [0.25, 0.3) is 0 Å². The van der Waals surface area contributed by atoms with E-state index in [4.69, 9.17) is 8.84 Å². The molecule has 2 atom stereocenters. The summed E-state index contributed by atoms with van der Waals surface area (Å²) in [4.78, 5) is 45.0. The Morgan fingerprint density at radius 2 is 1.73 bits per heavy atom. The van der Waals surface area contributed by atoms with E-state index in [2.05, 4.69) is 61.2 Å². The van der Waals surface area contributed by atoms with E-state index in [1.54, 1.807) is 21.6 Å². The third-order valence-electron chi connectivity index (χ3n) is 13.6. The lowest BCUT2D eigenvalue weighted by Crippen LogP contribution is -2.58. The summed E-state index contributed by atoms with van der Waals surface area (Å²) in [6.07, 6.45) is 3.17. The molecule has 62 heavy (non-hydrogen) atoms. The number of oxazole rings is 1. The molecule has 9 rings (SSSR count). The molecule has 3 saturated heterocycles. The first-order valence-electron chi connectivity index (χ1n) is 22.0. The van der Waals surface area contributed by atoms with Crippen LogP contribution in [0.4, 0.5) is 10.5 Å². The highest BCUT2D eigenvalue weighted by molar-refractivity contribution is 6.74. The highest BCUT2D eigenvalue weighted by Gasteiger charge is 2.41. The number of nitrogens with zero attached hydrogens (tertiary/aromatic N) is 3. The van der Waals surface area contributed by atoms with Crippen LogP contribution in [0.25, 0.3) is 33.1 Å². The number of aryl methyl sites for hydroxylation is 2. The predicted molar refractivity (Wildman–Crippen MR) is 248 cm³/mol. The number of anilines is 1. The fraction of sp³-hybridized carbons (Fsp3) is 0.408. The molecule has 12 nitrogen and oxygen atoms in total. The van der Waals surface area contributed by atoms with Crippen molar-refractivity contribution >= 4 is 42.1 Å². The number of aromatic nitrogens is 2. The minimum absolute atomic E-state index is 0.00920. The van der Waals surface area contributed by atoms with Gasteiger partial charge >= 0.3 is 11.8 Å². The number of rotatable bonds is 15. The second kappa shape index (κ2) is 17.7. The van der Waals surface area contributed by atoms with Crippen molar-refractivity contribution in [2.24, 2.45) is 5.92 Å². The summed E-state index contributed by atoms with van der Waals surface area (Å²) in [5.74, 6) is -0.0119. The molecular formula is C49H59N5O7Si. The zero-order valence-electron chi connectivity index (χ0n) is 36.4. The minimum Gasteiger partial charge on any atom is -0.506 e. The smallest absolute Gasteiger partial charge is 0.419 e. The van der Waals surface area contributed by atoms with Crippen LogP contribution in [0, 0.1) is 5.92 Å². The van der Waals surface area contributed by atoms with Crippen LogP contribution in [0.3, 0.4) is 0 Å². The molecule has 1 unspecified atom stereocenters. The van der Waals surface area contributed by atoms with Crippen LogP contribution in [0.5, 0.6) is 5.75 Å². The lowest BCUT2D eigenvalue weighted by molar-refractivity contribution is 0.0838. The Bertz CT molecular complexity index is 2680. The Morgan fingerprint density at radius 1 is 0.968 bits per heavy atom. The average molecular weight is 858 g/mol. The van der Waals surface area contributed by atoms with Gasteiger partial charge in [-0.15, -0.1) is 0 Å². The predicted octanol–water partition coefficient (Wildman–Crippen LogP) is 9.26. The number of H-pyrrole nitrogens is 1. The molecule has 3 fully saturated rings. The number of hydrogen-bond donors (Lipinski definition) is 4. The van der Waals surface area contributed by atoms with Gasteiger partial charge in [0.1, 0.15) is 5.75 Å². The summed E-state index contributed by atoms with van der Waals surface area (Å²) >= 11 is 0. The lowest BCUT2D eigenvalue weighted by atomic mass is 9.82. The van der Waals surface area contributed by atoms with Crippen molar-refractivity contribution in [3.63, 3.8) is 0 Å². The first-order valence-corrected chi connectivity index (χ1v) is 24.9. The third-order valence-corrected chi connectivity index (χ3v) is 18.0. The number of benzene rings is 4. The average Bonchev–Trinajstić information content (AvgIpc) is 3.56. The number of phenolic OH excluding ortho intramolecular Hbond substituents is 1. The second-order valence-electron chi connectivity index (χ2n) is 18.6. The van der Waals surface area contributed by atoms with E-state index in [1.165, 1.54) is 6.07 Å². The normalized spacial score (nSPS) is 18.4. The van der Waals surface area contributed by atoms with Gasteiger partial charge in [0.15, 0.2) is 13.9 Å². The maximum absolute atomic E-state index is 13.1. The van der Waals surface area contributed by atoms with Gasteiger partial charge in [-0.3, -0.25) is 14.3 Å². The Kier molecular flexibility index (Phi) is 12.3. The number of pyridine rings is 1. The number of phenols is 1. The Morgan fingerprint density at radius 3 is 2.44 bits per heavy atom. The van der Waals surface area contributed by atoms with Gasteiger partial charge in [0, 0.05) is 43.2 Å². The standard InChI is InChI=1S/C49H59N5O7Si/c1-49(2,3)62(4,5)61-44(36-16-20-42(55)46-37(36)17-21-45(56)51-46)30-50-29-33-15-19-40-43(28-33)60-48(59)53(40)24-10-9-11-32-14-18-39(38(27-32)34-12-7-6-8-13-34)54(47(57)58)41-31-52-25-22-35(41)23-26-52/h6-8,12-21,27-28,35,41,44,50,55H,9-11,22-26,29-31H2,1-5H3,(H,51,56)(H,57,58)/t41?,44-/m0/s1. The number of carbonyl (C=O) groups is 1. The molecule has 6 aromatic rings. The molecule has 4 aromatic carbocycles. The van der Waals surface area contributed by atoms with Crippen molar-refractivity contribution in [1.82, 2.24) is 19.8 Å². The minimum atomic E-state index is -2.25. The second-order valence-corrected chi connectivity index (χ2v) is 23.4. The highest BCUT2D eigenvalue weighted by Crippen LogP contribution is 2.42. The van der Waals surface area contributed by atoms with Crippen molar-refractivity contribution in [3.8, 4) is 16.9 Å². The van der Waals surface area contributed by atoms with Gasteiger partial charge in [-0.25, -0.2) is 9.59 Å². The number of aromatic amines is 1. The van der Waals surface area contributed by atoms with Gasteiger partial charge in [-0.05, 0) is 128 Å². The number of amides is 1. The monoisotopic (exact) mass is 857 g/mol. The van der Waals surface area contributed by atoms with Crippen LogP contribution < -0.4 is 21.5 Å². The summed E-state index contributed by atoms with van der Waals surface area (Å²) in [6.45, 7) is 15.4. The fourth-order valence-electron chi connectivity index (χ4n) is 9.11. The molecule has 13 heteroatoms. The Hall–Kier alpha value is -5.47. The Balaban J connectivity index is 0.935. The van der Waals surface area contributed by atoms with Crippen LogP contribution in [-0.2, 0) is 23.9 Å². The van der Waals surface area contributed by atoms with Crippen LogP contribution in [-0.4, -0.2) is 71.3 Å². The molecule has 0 spiro atoms. The lowest BCUT2D eigenvalue weighted by Gasteiger charge is -2.48. The van der Waals surface area contributed by atoms with Crippen LogP contribution in [0.15, 0.2) is 105 Å². The number of aromatic hydroxyl groups is 1. The molecule has 4 N–H and O–H groups in total. The van der Waals surface area contributed by atoms with Crippen molar-refractivity contribution in [1.29, 1.82) is 0 Å². The van der Waals surface area contributed by atoms with Crippen molar-refractivity contribution < 1.29 is 23.9 Å². The quantitative estimate of drug-likeness (QED) is 0.0585. The van der Waals surface area contributed by atoms with Crippen molar-refractivity contribution in [3.05, 3.63) is 129 Å². The Labute approximate surface area is 363 Å². The number of carboxylic acid groups (broad SMARTS) is 1. The van der Waals surface area contributed by atoms with Crippen LogP contribution in [0.2, 0.25) is 18.1 Å². The van der Waals surface area contributed by atoms with Gasteiger partial charge in [-0.1, -0.05) is 69.3 Å². The SMILES string of the molecule is CC(C)(C)[Si](C)(C)O[C@@H](CNCc1ccc2c(c1)oc(=O)n2CCCCc1ccc(N(C(=O)O)C2CN3CCC2CC3)c(-c2ccccc2)c1)c1ccc(O)c2[nH]c(=O)ccc12. The molecule has 2 bridgehead atoms. The maximum Gasteiger partial charge on any atom is 0.419 e. The summed E-state index contributed by atoms with van der Waals surface area (Å²) in [7, 11) is -2.25. The molecule has 3 aliphatic rings. The maximum atomic E-state index is 13.1. The zero-order valence-corrected chi connectivity index (χ0v) is 37.4. The molecule has 2 aromatic heterocycles. The van der Waals surface area contributed by atoms with Crippen molar-refractivity contribution in [2.75, 3.05) is 31.1 Å². The first kappa shape index (κ1) is 43.2. The summed E-state index contributed by atoms with van der Waals surface area (Å²) < 4.78 is 14.4. The van der Waals surface area contributed by atoms with Crippen LogP contribution in [0.1, 0.15) is 69.2 Å². The van der Waals surface area contributed by atoms with E-state index >= 15 is 0 Å². The molecule has 0 saturated carbocycles. The molecule has 326 valence electrons. The van der Waals surface area contributed by atoms with E-state index in [0.29, 0.717) is 36.7 Å². The van der Waals surface area contributed by atoms with E-state index in [-0.39, 0.29) is 34.2 Å². The van der Waals surface area contributed by atoms with Gasteiger partial charge in [0.2, 0.25) is 5.56 Å². The van der Waals surface area contributed by atoms with Gasteiger partial charge in [0.05, 0.1) is 28.9 Å². The van der Waals surface area contributed by atoms with Gasteiger partial charge in [-0.2, -0.15) is 0 Å². The molecular weight excluding hydrogens is 799 g/mol. The van der Waals surface area contributed by atoms with E-state index in [1.807, 2.05) is 60.7 Å². The van der Waals surface area contributed by atoms with E-state index in [0.717, 1.165) is 96.1 Å². The highest BCUT2D eigenvalue weighted by atomic mass is 28.4. The third kappa shape index (κ3) is 9.03. The number of hydrogen-bond acceptors (Lipinski definition) is 8. The summed E-state index contributed by atoms with van der Waals surface area (Å²) in [5, 5.41) is 25.4. The van der Waals surface area contributed by atoms with Crippen LogP contribution >= 0.6 is 0 Å². The first-order chi connectivity index (χ1) is 29.7. The molecule has 5 heterocycles. The summed E-state index contributed by atoms with van der Waals surface area (Å²) in [5.41, 5.74) is 7.00. The number of fused-ring (bicyclic) bond motifs is 5. The fourth-order valence-corrected chi connectivity index (χ4v) is 10.4. The van der Waals surface area contributed by atoms with Crippen molar-refractivity contribution in [2.45, 2.75) is 96.2 Å². The zero-order chi connectivity index (χ0) is 43.8. The number of piperidine rings is 3. The summed E-state index contributed by atoms with van der Waals surface area (Å²) in [6, 6.07) is 28.7. The van der Waals surface area contributed by atoms with Gasteiger partial charge < -0.3 is 34.3 Å². The topological polar surface area (TPSA) is 153 Å². The molecule has 0 radical (unpaired) electrons. The number of unbranched alkanes of at least 4 members (excludes halogenated alkanes) is 1. The molecule has 1 amide bonds. The molecule has 0 aliphatic carbocycles. The largest absolute Gasteiger partial charge is 0.506 e. The molecule has 3 aliphatic heterocycles.